The third kappa shape index (κ3) is 3.64. The number of nitrogens with two attached hydrogens (primary N) is 1. The molecule has 2 rings (SSSR count). The van der Waals surface area contributed by atoms with Crippen LogP contribution in [0.15, 0.2) is 24.3 Å². The predicted molar refractivity (Wildman–Crippen MR) is 82.4 cm³/mol. The van der Waals surface area contributed by atoms with E-state index in [0.717, 1.165) is 23.7 Å². The minimum atomic E-state index is -0.114. The van der Waals surface area contributed by atoms with Gasteiger partial charge in [-0.15, -0.1) is 0 Å². The smallest absolute Gasteiger partial charge is 0.241 e. The Morgan fingerprint density at radius 1 is 1.58 bits per heavy atom. The molecule has 19 heavy (non-hydrogen) atoms. The predicted octanol–water partition coefficient (Wildman–Crippen LogP) is 2.03. The normalized spacial score (nSPS) is 21.9. The van der Waals surface area contributed by atoms with E-state index in [9.17, 15) is 4.79 Å². The van der Waals surface area contributed by atoms with Crippen LogP contribution in [0, 0.1) is 0 Å². The molecule has 1 aromatic carbocycles. The lowest BCUT2D eigenvalue weighted by atomic mass is 10.2. The molecule has 1 heterocycles. The molecular formula is C14H21N3OS. The summed E-state index contributed by atoms with van der Waals surface area (Å²) >= 11 is 1.95. The molecule has 1 aromatic rings. The number of rotatable bonds is 3. The summed E-state index contributed by atoms with van der Waals surface area (Å²) < 4.78 is 0. The number of hydrogen-bond donors (Lipinski definition) is 2. The Balaban J connectivity index is 1.99. The molecule has 1 saturated heterocycles. The fourth-order valence-electron chi connectivity index (χ4n) is 2.33. The van der Waals surface area contributed by atoms with E-state index in [0.29, 0.717) is 11.7 Å². The monoisotopic (exact) mass is 279 g/mol. The maximum Gasteiger partial charge on any atom is 0.241 e. The summed E-state index contributed by atoms with van der Waals surface area (Å²) in [5.41, 5.74) is 7.13. The van der Waals surface area contributed by atoms with Gasteiger partial charge in [-0.25, -0.2) is 0 Å². The van der Waals surface area contributed by atoms with Crippen LogP contribution in [0.2, 0.25) is 0 Å². The highest BCUT2D eigenvalue weighted by molar-refractivity contribution is 7.99. The number of nitrogens with zero attached hydrogens (tertiary/aromatic N) is 1. The summed E-state index contributed by atoms with van der Waals surface area (Å²) in [7, 11) is 0. The Kier molecular flexibility index (Phi) is 4.71. The first-order valence-electron chi connectivity index (χ1n) is 6.58. The molecule has 0 aliphatic carbocycles. The van der Waals surface area contributed by atoms with Crippen molar-refractivity contribution >= 4 is 29.0 Å². The van der Waals surface area contributed by atoms with E-state index < -0.39 is 0 Å². The Morgan fingerprint density at radius 2 is 2.37 bits per heavy atom. The van der Waals surface area contributed by atoms with Crippen molar-refractivity contribution in [1.29, 1.82) is 0 Å². The lowest BCUT2D eigenvalue weighted by Gasteiger charge is -2.36. The van der Waals surface area contributed by atoms with Gasteiger partial charge in [0.2, 0.25) is 5.91 Å². The third-order valence-electron chi connectivity index (χ3n) is 3.45. The average molecular weight is 279 g/mol. The van der Waals surface area contributed by atoms with Crippen LogP contribution in [0.25, 0.3) is 0 Å². The van der Waals surface area contributed by atoms with Crippen molar-refractivity contribution in [1.82, 2.24) is 4.90 Å². The van der Waals surface area contributed by atoms with Crippen molar-refractivity contribution in [2.45, 2.75) is 25.9 Å². The van der Waals surface area contributed by atoms with Gasteiger partial charge >= 0.3 is 0 Å². The van der Waals surface area contributed by atoms with Crippen LogP contribution in [-0.2, 0) is 4.79 Å². The van der Waals surface area contributed by atoms with Gasteiger partial charge in [-0.1, -0.05) is 6.07 Å². The van der Waals surface area contributed by atoms with Crippen LogP contribution < -0.4 is 11.1 Å². The molecule has 1 fully saturated rings. The molecule has 0 spiro atoms. The van der Waals surface area contributed by atoms with Gasteiger partial charge in [0.1, 0.15) is 0 Å². The summed E-state index contributed by atoms with van der Waals surface area (Å²) in [6.07, 6.45) is 0. The summed E-state index contributed by atoms with van der Waals surface area (Å²) in [4.78, 5) is 14.5. The Morgan fingerprint density at radius 3 is 3.05 bits per heavy atom. The number of anilines is 2. The third-order valence-corrected chi connectivity index (χ3v) is 4.64. The molecule has 0 radical (unpaired) electrons. The first-order chi connectivity index (χ1) is 9.08. The molecule has 1 amide bonds. The summed E-state index contributed by atoms with van der Waals surface area (Å²) in [6.45, 7) is 5.11. The number of thioether (sulfide) groups is 1. The van der Waals surface area contributed by atoms with Crippen molar-refractivity contribution in [3.63, 3.8) is 0 Å². The minimum absolute atomic E-state index is 0.0318. The summed E-state index contributed by atoms with van der Waals surface area (Å²) in [6, 6.07) is 7.62. The van der Waals surface area contributed by atoms with Crippen LogP contribution in [-0.4, -0.2) is 40.9 Å². The zero-order valence-corrected chi connectivity index (χ0v) is 12.2. The number of carbonyl (C=O) groups is 1. The van der Waals surface area contributed by atoms with E-state index in [1.807, 2.05) is 36.9 Å². The lowest BCUT2D eigenvalue weighted by Crippen LogP contribution is -2.50. The highest BCUT2D eigenvalue weighted by Gasteiger charge is 2.27. The van der Waals surface area contributed by atoms with Crippen LogP contribution in [0.4, 0.5) is 11.4 Å². The van der Waals surface area contributed by atoms with Gasteiger partial charge in [-0.05, 0) is 32.0 Å². The molecule has 104 valence electrons. The van der Waals surface area contributed by atoms with Crippen LogP contribution >= 0.6 is 11.8 Å². The van der Waals surface area contributed by atoms with E-state index in [4.69, 9.17) is 5.73 Å². The quantitative estimate of drug-likeness (QED) is 0.831. The Bertz CT molecular complexity index is 452. The van der Waals surface area contributed by atoms with Crippen LogP contribution in [0.1, 0.15) is 13.8 Å². The molecule has 0 saturated carbocycles. The van der Waals surface area contributed by atoms with Crippen molar-refractivity contribution in [2.75, 3.05) is 29.1 Å². The number of amides is 1. The molecule has 0 bridgehead atoms. The molecule has 5 heteroatoms. The van der Waals surface area contributed by atoms with E-state index in [-0.39, 0.29) is 11.9 Å². The second-order valence-corrected chi connectivity index (χ2v) is 6.10. The molecule has 1 aliphatic rings. The van der Waals surface area contributed by atoms with Crippen molar-refractivity contribution in [2.24, 2.45) is 0 Å². The summed E-state index contributed by atoms with van der Waals surface area (Å²) in [5.74, 6) is 2.22. The second-order valence-electron chi connectivity index (χ2n) is 4.95. The zero-order valence-electron chi connectivity index (χ0n) is 11.4. The maximum absolute atomic E-state index is 12.3. The van der Waals surface area contributed by atoms with Gasteiger partial charge in [0.05, 0.1) is 6.04 Å². The van der Waals surface area contributed by atoms with Gasteiger partial charge in [-0.3, -0.25) is 9.69 Å². The highest BCUT2D eigenvalue weighted by Crippen LogP contribution is 2.19. The van der Waals surface area contributed by atoms with Crippen molar-refractivity contribution in [3.8, 4) is 0 Å². The fraction of sp³-hybridized carbons (Fsp3) is 0.500. The Hall–Kier alpha value is -1.20. The Labute approximate surface area is 118 Å². The SMILES string of the molecule is CC1CSCCN1C(C)C(=O)Nc1cccc(N)c1. The van der Waals surface area contributed by atoms with Gasteiger partial charge in [-0.2, -0.15) is 11.8 Å². The first-order valence-corrected chi connectivity index (χ1v) is 7.73. The van der Waals surface area contributed by atoms with Crippen molar-refractivity contribution in [3.05, 3.63) is 24.3 Å². The largest absolute Gasteiger partial charge is 0.399 e. The van der Waals surface area contributed by atoms with Gasteiger partial charge < -0.3 is 11.1 Å². The molecule has 0 aromatic heterocycles. The van der Waals surface area contributed by atoms with E-state index in [1.165, 1.54) is 0 Å². The zero-order chi connectivity index (χ0) is 13.8. The molecule has 2 unspecified atom stereocenters. The number of benzene rings is 1. The fourth-order valence-corrected chi connectivity index (χ4v) is 3.37. The van der Waals surface area contributed by atoms with E-state index in [2.05, 4.69) is 17.1 Å². The van der Waals surface area contributed by atoms with Crippen LogP contribution in [0.3, 0.4) is 0 Å². The molecule has 3 N–H and O–H groups in total. The number of nitrogen functional groups attached to an aromatic ring is 1. The van der Waals surface area contributed by atoms with Crippen LogP contribution in [0.5, 0.6) is 0 Å². The topological polar surface area (TPSA) is 58.4 Å². The van der Waals surface area contributed by atoms with E-state index in [1.54, 1.807) is 6.07 Å². The van der Waals surface area contributed by atoms with Gasteiger partial charge in [0, 0.05) is 35.5 Å². The molecule has 2 atom stereocenters. The number of hydrogen-bond acceptors (Lipinski definition) is 4. The lowest BCUT2D eigenvalue weighted by molar-refractivity contribution is -0.121. The standard InChI is InChI=1S/C14H21N3OS/c1-10-9-19-7-6-17(10)11(2)14(18)16-13-5-3-4-12(15)8-13/h3-5,8,10-11H,6-7,9,15H2,1-2H3,(H,16,18). The minimum Gasteiger partial charge on any atom is -0.399 e. The molecule has 4 nitrogen and oxygen atoms in total. The maximum atomic E-state index is 12.3. The first kappa shape index (κ1) is 14.2. The van der Waals surface area contributed by atoms with Crippen molar-refractivity contribution < 1.29 is 4.79 Å². The van der Waals surface area contributed by atoms with Gasteiger partial charge in [0.15, 0.2) is 0 Å². The number of carbonyl (C=O) groups excluding carboxylic acids is 1. The summed E-state index contributed by atoms with van der Waals surface area (Å²) in [5, 5.41) is 2.93. The highest BCUT2D eigenvalue weighted by atomic mass is 32.2. The van der Waals surface area contributed by atoms with Gasteiger partial charge in [0.25, 0.3) is 0 Å². The number of nitrogens with one attached hydrogen (secondary N) is 1. The van der Waals surface area contributed by atoms with E-state index >= 15 is 0 Å². The second kappa shape index (κ2) is 6.30. The molecular weight excluding hydrogens is 258 g/mol. The molecule has 1 aliphatic heterocycles. The average Bonchev–Trinajstić information content (AvgIpc) is 2.38.